The third-order valence-electron chi connectivity index (χ3n) is 3.49. The second kappa shape index (κ2) is 6.86. The maximum atomic E-state index is 12.5. The van der Waals surface area contributed by atoms with Crippen LogP contribution in [0.2, 0.25) is 0 Å². The molecule has 7 heteroatoms. The first-order valence-corrected chi connectivity index (χ1v) is 8.76. The molecule has 0 unspecified atom stereocenters. The van der Waals surface area contributed by atoms with E-state index in [1.807, 2.05) is 44.4 Å². The lowest BCUT2D eigenvalue weighted by molar-refractivity contribution is -0.0331. The Morgan fingerprint density at radius 1 is 1.38 bits per heavy atom. The Morgan fingerprint density at radius 3 is 2.92 bits per heavy atom. The number of hydrogen-bond acceptors (Lipinski definition) is 6. The Kier molecular flexibility index (Phi) is 4.82. The van der Waals surface area contributed by atoms with Crippen LogP contribution in [0.15, 0.2) is 29.8 Å². The van der Waals surface area contributed by atoms with Gasteiger partial charge in [-0.25, -0.2) is 9.78 Å². The van der Waals surface area contributed by atoms with E-state index in [4.69, 9.17) is 9.47 Å². The number of carbonyl (C=O) groups is 1. The molecule has 0 bridgehead atoms. The second-order valence-electron chi connectivity index (χ2n) is 6.55. The van der Waals surface area contributed by atoms with Crippen LogP contribution in [0, 0.1) is 0 Å². The molecule has 6 nitrogen and oxygen atoms in total. The number of carbonyl (C=O) groups excluding carboxylic acids is 1. The van der Waals surface area contributed by atoms with Crippen molar-refractivity contribution in [2.45, 2.75) is 32.4 Å². The molecule has 0 saturated carbocycles. The fourth-order valence-electron chi connectivity index (χ4n) is 2.42. The molecule has 3 rings (SSSR count). The Morgan fingerprint density at radius 2 is 2.21 bits per heavy atom. The number of nitrogens with zero attached hydrogens (tertiary/aromatic N) is 3. The van der Waals surface area contributed by atoms with Gasteiger partial charge in [-0.05, 0) is 32.9 Å². The first-order chi connectivity index (χ1) is 11.4. The Labute approximate surface area is 145 Å². The van der Waals surface area contributed by atoms with Crippen LogP contribution in [0.5, 0.6) is 0 Å². The van der Waals surface area contributed by atoms with E-state index in [0.717, 1.165) is 16.4 Å². The van der Waals surface area contributed by atoms with E-state index >= 15 is 0 Å². The van der Waals surface area contributed by atoms with Crippen molar-refractivity contribution in [3.63, 3.8) is 0 Å². The van der Waals surface area contributed by atoms with Crippen LogP contribution in [0.3, 0.4) is 0 Å². The summed E-state index contributed by atoms with van der Waals surface area (Å²) in [4.78, 5) is 23.2. The van der Waals surface area contributed by atoms with Gasteiger partial charge in [0.25, 0.3) is 0 Å². The van der Waals surface area contributed by atoms with E-state index in [-0.39, 0.29) is 12.1 Å². The molecule has 1 saturated heterocycles. The van der Waals surface area contributed by atoms with Gasteiger partial charge in [0.2, 0.25) is 0 Å². The summed E-state index contributed by atoms with van der Waals surface area (Å²) in [5.41, 5.74) is 1.10. The lowest BCUT2D eigenvalue weighted by Gasteiger charge is -2.35. The van der Waals surface area contributed by atoms with Gasteiger partial charge in [-0.1, -0.05) is 6.07 Å². The van der Waals surface area contributed by atoms with E-state index in [0.29, 0.717) is 19.8 Å². The molecule has 2 aromatic heterocycles. The summed E-state index contributed by atoms with van der Waals surface area (Å²) in [6, 6.07) is 5.49. The van der Waals surface area contributed by atoms with E-state index in [2.05, 4.69) is 9.97 Å². The van der Waals surface area contributed by atoms with E-state index < -0.39 is 5.60 Å². The fourth-order valence-corrected chi connectivity index (χ4v) is 3.33. The first kappa shape index (κ1) is 16.9. The average Bonchev–Trinajstić information content (AvgIpc) is 3.04. The van der Waals surface area contributed by atoms with Crippen molar-refractivity contribution in [3.05, 3.63) is 34.8 Å². The van der Waals surface area contributed by atoms with Crippen molar-refractivity contribution in [3.8, 4) is 11.4 Å². The fraction of sp³-hybridized carbons (Fsp3) is 0.471. The maximum absolute atomic E-state index is 12.5. The Balaban J connectivity index is 1.81. The molecule has 0 aromatic carbocycles. The smallest absolute Gasteiger partial charge is 0.411 e. The molecule has 0 aliphatic carbocycles. The lowest BCUT2D eigenvalue weighted by Crippen LogP contribution is -2.45. The standard InChI is InChI=1S/C17H21N3O3S/c1-17(2,3)23-16(21)20-8-9-22-10-14(20)15-19-13(11-24-15)12-6-4-5-7-18-12/h4-7,11,14H,8-10H2,1-3H3/t14-/m0/s1. The van der Waals surface area contributed by atoms with Crippen LogP contribution in [0.4, 0.5) is 4.79 Å². The number of hydrogen-bond donors (Lipinski definition) is 0. The van der Waals surface area contributed by atoms with Crippen LogP contribution >= 0.6 is 11.3 Å². The van der Waals surface area contributed by atoms with E-state index in [9.17, 15) is 4.79 Å². The van der Waals surface area contributed by atoms with E-state index in [1.165, 1.54) is 11.3 Å². The highest BCUT2D eigenvalue weighted by atomic mass is 32.1. The van der Waals surface area contributed by atoms with Gasteiger partial charge in [0, 0.05) is 18.1 Å². The Hall–Kier alpha value is -1.99. The number of rotatable bonds is 2. The molecule has 128 valence electrons. The number of pyridine rings is 1. The van der Waals surface area contributed by atoms with Gasteiger partial charge in [0.1, 0.15) is 16.7 Å². The number of amides is 1. The van der Waals surface area contributed by atoms with Crippen molar-refractivity contribution in [2.75, 3.05) is 19.8 Å². The molecule has 0 spiro atoms. The minimum absolute atomic E-state index is 0.226. The molecule has 0 radical (unpaired) electrons. The summed E-state index contributed by atoms with van der Waals surface area (Å²) >= 11 is 1.51. The highest BCUT2D eigenvalue weighted by Gasteiger charge is 2.33. The predicted molar refractivity (Wildman–Crippen MR) is 91.8 cm³/mol. The zero-order chi connectivity index (χ0) is 17.2. The predicted octanol–water partition coefficient (Wildman–Crippen LogP) is 3.51. The number of aromatic nitrogens is 2. The first-order valence-electron chi connectivity index (χ1n) is 7.88. The van der Waals surface area contributed by atoms with Crippen molar-refractivity contribution in [1.82, 2.24) is 14.9 Å². The number of morpholine rings is 1. The van der Waals surface area contributed by atoms with Gasteiger partial charge >= 0.3 is 6.09 Å². The monoisotopic (exact) mass is 347 g/mol. The van der Waals surface area contributed by atoms with Crippen molar-refractivity contribution in [1.29, 1.82) is 0 Å². The molecule has 0 N–H and O–H groups in total. The zero-order valence-corrected chi connectivity index (χ0v) is 14.9. The number of thiazole rings is 1. The van der Waals surface area contributed by atoms with Crippen LogP contribution < -0.4 is 0 Å². The third-order valence-corrected chi connectivity index (χ3v) is 4.44. The summed E-state index contributed by atoms with van der Waals surface area (Å²) in [6.45, 7) is 7.02. The second-order valence-corrected chi connectivity index (χ2v) is 7.44. The van der Waals surface area contributed by atoms with Crippen molar-refractivity contribution in [2.24, 2.45) is 0 Å². The topological polar surface area (TPSA) is 64.5 Å². The van der Waals surface area contributed by atoms with Crippen molar-refractivity contribution >= 4 is 17.4 Å². The van der Waals surface area contributed by atoms with Gasteiger partial charge in [-0.2, -0.15) is 0 Å². The minimum Gasteiger partial charge on any atom is -0.444 e. The molecule has 1 aliphatic rings. The lowest BCUT2D eigenvalue weighted by atomic mass is 10.2. The largest absolute Gasteiger partial charge is 0.444 e. The average molecular weight is 347 g/mol. The molecular formula is C17H21N3O3S. The SMILES string of the molecule is CC(C)(C)OC(=O)N1CCOC[C@H]1c1nc(-c2ccccn2)cs1. The quantitative estimate of drug-likeness (QED) is 0.832. The molecule has 1 atom stereocenters. The molecule has 1 fully saturated rings. The molecular weight excluding hydrogens is 326 g/mol. The van der Waals surface area contributed by atoms with Gasteiger partial charge in [0.15, 0.2) is 0 Å². The normalized spacial score (nSPS) is 18.5. The van der Waals surface area contributed by atoms with Crippen LogP contribution in [0.1, 0.15) is 31.8 Å². The highest BCUT2D eigenvalue weighted by molar-refractivity contribution is 7.10. The van der Waals surface area contributed by atoms with Gasteiger partial charge in [-0.3, -0.25) is 9.88 Å². The minimum atomic E-state index is -0.526. The molecule has 24 heavy (non-hydrogen) atoms. The van der Waals surface area contributed by atoms with Crippen molar-refractivity contribution < 1.29 is 14.3 Å². The summed E-state index contributed by atoms with van der Waals surface area (Å²) in [5.74, 6) is 0. The molecule has 3 heterocycles. The maximum Gasteiger partial charge on any atom is 0.411 e. The summed E-state index contributed by atoms with van der Waals surface area (Å²) < 4.78 is 11.1. The molecule has 1 aliphatic heterocycles. The molecule has 1 amide bonds. The van der Waals surface area contributed by atoms with Crippen LogP contribution in [-0.2, 0) is 9.47 Å². The molecule has 2 aromatic rings. The van der Waals surface area contributed by atoms with Gasteiger partial charge in [-0.15, -0.1) is 11.3 Å². The number of ether oxygens (including phenoxy) is 2. The van der Waals surface area contributed by atoms with Gasteiger partial charge in [0.05, 0.1) is 24.6 Å². The highest BCUT2D eigenvalue weighted by Crippen LogP contribution is 2.30. The van der Waals surface area contributed by atoms with E-state index in [1.54, 1.807) is 11.1 Å². The summed E-state index contributed by atoms with van der Waals surface area (Å²) in [7, 11) is 0. The Bertz CT molecular complexity index is 697. The zero-order valence-electron chi connectivity index (χ0n) is 14.1. The summed E-state index contributed by atoms with van der Waals surface area (Å²) in [6.07, 6.45) is 1.41. The van der Waals surface area contributed by atoms with Crippen LogP contribution in [-0.4, -0.2) is 46.3 Å². The van der Waals surface area contributed by atoms with Gasteiger partial charge < -0.3 is 9.47 Å². The summed E-state index contributed by atoms with van der Waals surface area (Å²) in [5, 5.41) is 2.79. The third kappa shape index (κ3) is 3.91. The van der Waals surface area contributed by atoms with Crippen LogP contribution in [0.25, 0.3) is 11.4 Å².